The highest BCUT2D eigenvalue weighted by Gasteiger charge is 2.28. The Morgan fingerprint density at radius 3 is 2.75 bits per heavy atom. The lowest BCUT2D eigenvalue weighted by Crippen LogP contribution is -2.50. The van der Waals surface area contributed by atoms with Crippen LogP contribution in [-0.4, -0.2) is 61.8 Å². The van der Waals surface area contributed by atoms with Crippen molar-refractivity contribution in [1.29, 1.82) is 0 Å². The molecule has 0 aliphatic carbocycles. The smallest absolute Gasteiger partial charge is 0.0936 e. The molecule has 0 N–H and O–H groups in total. The van der Waals surface area contributed by atoms with E-state index in [1.165, 1.54) is 19.6 Å². The number of hydrogen-bond donors (Lipinski definition) is 0. The number of piperazine rings is 1. The van der Waals surface area contributed by atoms with E-state index < -0.39 is 0 Å². The second kappa shape index (κ2) is 3.32. The second-order valence-corrected chi connectivity index (χ2v) is 4.04. The summed E-state index contributed by atoms with van der Waals surface area (Å²) in [5.41, 5.74) is 0. The van der Waals surface area contributed by atoms with Crippen molar-refractivity contribution in [2.24, 2.45) is 0 Å². The van der Waals surface area contributed by atoms with Gasteiger partial charge in [0.25, 0.3) is 0 Å². The minimum absolute atomic E-state index is 0.556. The van der Waals surface area contributed by atoms with Crippen LogP contribution in [0, 0.1) is 0 Å². The quantitative estimate of drug-likeness (QED) is 0.545. The van der Waals surface area contributed by atoms with Crippen LogP contribution in [0.15, 0.2) is 0 Å². The third-order valence-electron chi connectivity index (χ3n) is 2.91. The number of likely N-dealkylation sites (N-methyl/N-ethyl adjacent to an activating group) is 1. The summed E-state index contributed by atoms with van der Waals surface area (Å²) in [4.78, 5) is 4.94. The standard InChI is InChI=1S/C9H18N2O/c1-8-5-11(4-3-10(8)2)6-9-7-12-9/h8-9H,3-7H2,1-2H3. The van der Waals surface area contributed by atoms with Gasteiger partial charge in [-0.3, -0.25) is 4.90 Å². The zero-order valence-corrected chi connectivity index (χ0v) is 7.99. The van der Waals surface area contributed by atoms with E-state index in [9.17, 15) is 0 Å². The van der Waals surface area contributed by atoms with Crippen molar-refractivity contribution < 1.29 is 4.74 Å². The van der Waals surface area contributed by atoms with Gasteiger partial charge in [0.1, 0.15) is 0 Å². The molecule has 12 heavy (non-hydrogen) atoms. The fourth-order valence-corrected chi connectivity index (χ4v) is 1.75. The van der Waals surface area contributed by atoms with Gasteiger partial charge in [0, 0.05) is 32.2 Å². The second-order valence-electron chi connectivity index (χ2n) is 4.04. The summed E-state index contributed by atoms with van der Waals surface area (Å²) in [6, 6.07) is 0.706. The summed E-state index contributed by atoms with van der Waals surface area (Å²) in [7, 11) is 2.20. The normalized spacial score (nSPS) is 38.5. The van der Waals surface area contributed by atoms with Gasteiger partial charge in [0.2, 0.25) is 0 Å². The van der Waals surface area contributed by atoms with Crippen LogP contribution in [0.3, 0.4) is 0 Å². The van der Waals surface area contributed by atoms with Crippen LogP contribution in [0.4, 0.5) is 0 Å². The molecule has 2 unspecified atom stereocenters. The fraction of sp³-hybridized carbons (Fsp3) is 1.00. The Kier molecular flexibility index (Phi) is 2.35. The Morgan fingerprint density at radius 1 is 1.42 bits per heavy atom. The maximum Gasteiger partial charge on any atom is 0.0936 e. The highest BCUT2D eigenvalue weighted by molar-refractivity contribution is 4.81. The molecule has 2 aliphatic rings. The number of epoxide rings is 1. The SMILES string of the molecule is CC1CN(CC2CO2)CCN1C. The molecule has 2 aliphatic heterocycles. The molecule has 2 heterocycles. The van der Waals surface area contributed by atoms with E-state index in [-0.39, 0.29) is 0 Å². The summed E-state index contributed by atoms with van der Waals surface area (Å²) < 4.78 is 5.22. The van der Waals surface area contributed by atoms with Gasteiger partial charge >= 0.3 is 0 Å². The van der Waals surface area contributed by atoms with Crippen LogP contribution in [0.25, 0.3) is 0 Å². The first kappa shape index (κ1) is 8.48. The molecule has 2 atom stereocenters. The van der Waals surface area contributed by atoms with Gasteiger partial charge in [-0.1, -0.05) is 0 Å². The molecule has 70 valence electrons. The zero-order chi connectivity index (χ0) is 8.55. The maximum absolute atomic E-state index is 5.22. The minimum Gasteiger partial charge on any atom is -0.372 e. The van der Waals surface area contributed by atoms with Crippen molar-refractivity contribution in [2.75, 3.05) is 39.8 Å². The van der Waals surface area contributed by atoms with Crippen molar-refractivity contribution >= 4 is 0 Å². The molecule has 0 aromatic heterocycles. The Hall–Kier alpha value is -0.120. The molecule has 0 radical (unpaired) electrons. The van der Waals surface area contributed by atoms with E-state index in [0.29, 0.717) is 12.1 Å². The Balaban J connectivity index is 1.76. The van der Waals surface area contributed by atoms with E-state index in [2.05, 4.69) is 23.8 Å². The van der Waals surface area contributed by atoms with E-state index in [0.717, 1.165) is 13.2 Å². The number of rotatable bonds is 2. The summed E-state index contributed by atoms with van der Waals surface area (Å²) in [5.74, 6) is 0. The van der Waals surface area contributed by atoms with Crippen molar-refractivity contribution in [3.8, 4) is 0 Å². The molecule has 0 amide bonds. The van der Waals surface area contributed by atoms with Gasteiger partial charge in [-0.2, -0.15) is 0 Å². The lowest BCUT2D eigenvalue weighted by atomic mass is 10.2. The van der Waals surface area contributed by atoms with Crippen molar-refractivity contribution in [1.82, 2.24) is 9.80 Å². The molecule has 0 aromatic carbocycles. The average molecular weight is 170 g/mol. The topological polar surface area (TPSA) is 19.0 Å². The average Bonchev–Trinajstić information content (AvgIpc) is 2.81. The Labute approximate surface area is 74.3 Å². The predicted molar refractivity (Wildman–Crippen MR) is 48.3 cm³/mol. The molecule has 0 saturated carbocycles. The number of hydrogen-bond acceptors (Lipinski definition) is 3. The lowest BCUT2D eigenvalue weighted by Gasteiger charge is -2.37. The van der Waals surface area contributed by atoms with Crippen LogP contribution < -0.4 is 0 Å². The third-order valence-corrected chi connectivity index (χ3v) is 2.91. The first-order chi connectivity index (χ1) is 5.75. The van der Waals surface area contributed by atoms with Crippen molar-refractivity contribution in [2.45, 2.75) is 19.1 Å². The molecule has 2 saturated heterocycles. The molecular formula is C9H18N2O. The van der Waals surface area contributed by atoms with E-state index >= 15 is 0 Å². The van der Waals surface area contributed by atoms with Gasteiger partial charge in [-0.05, 0) is 14.0 Å². The van der Waals surface area contributed by atoms with Crippen LogP contribution >= 0.6 is 0 Å². The molecule has 0 aromatic rings. The molecule has 3 nitrogen and oxygen atoms in total. The summed E-state index contributed by atoms with van der Waals surface area (Å²) in [6.45, 7) is 8.05. The van der Waals surface area contributed by atoms with Crippen molar-refractivity contribution in [3.63, 3.8) is 0 Å². The summed E-state index contributed by atoms with van der Waals surface area (Å²) >= 11 is 0. The van der Waals surface area contributed by atoms with Crippen LogP contribution in [0.1, 0.15) is 6.92 Å². The summed E-state index contributed by atoms with van der Waals surface area (Å²) in [6.07, 6.45) is 0.556. The molecule has 2 fully saturated rings. The van der Waals surface area contributed by atoms with Gasteiger partial charge in [-0.25, -0.2) is 0 Å². The van der Waals surface area contributed by atoms with Gasteiger partial charge in [0.15, 0.2) is 0 Å². The van der Waals surface area contributed by atoms with E-state index in [1.54, 1.807) is 0 Å². The molecule has 2 rings (SSSR count). The highest BCUT2D eigenvalue weighted by Crippen LogP contribution is 2.14. The Morgan fingerprint density at radius 2 is 2.17 bits per heavy atom. The monoisotopic (exact) mass is 170 g/mol. The molecule has 0 spiro atoms. The van der Waals surface area contributed by atoms with Crippen LogP contribution in [0.5, 0.6) is 0 Å². The van der Waals surface area contributed by atoms with E-state index in [4.69, 9.17) is 4.74 Å². The zero-order valence-electron chi connectivity index (χ0n) is 7.99. The molecule has 0 bridgehead atoms. The van der Waals surface area contributed by atoms with Crippen molar-refractivity contribution in [3.05, 3.63) is 0 Å². The van der Waals surface area contributed by atoms with Gasteiger partial charge < -0.3 is 9.64 Å². The summed E-state index contributed by atoms with van der Waals surface area (Å²) in [5, 5.41) is 0. The highest BCUT2D eigenvalue weighted by atomic mass is 16.6. The van der Waals surface area contributed by atoms with Gasteiger partial charge in [0.05, 0.1) is 12.7 Å². The first-order valence-corrected chi connectivity index (χ1v) is 4.80. The lowest BCUT2D eigenvalue weighted by molar-refractivity contribution is 0.0991. The van der Waals surface area contributed by atoms with Crippen LogP contribution in [0.2, 0.25) is 0 Å². The predicted octanol–water partition coefficient (Wildman–Crippen LogP) is 0.0211. The fourth-order valence-electron chi connectivity index (χ4n) is 1.75. The maximum atomic E-state index is 5.22. The first-order valence-electron chi connectivity index (χ1n) is 4.80. The van der Waals surface area contributed by atoms with Gasteiger partial charge in [-0.15, -0.1) is 0 Å². The molecular weight excluding hydrogens is 152 g/mol. The Bertz CT molecular complexity index is 159. The largest absolute Gasteiger partial charge is 0.372 e. The minimum atomic E-state index is 0.556. The molecule has 3 heteroatoms. The van der Waals surface area contributed by atoms with E-state index in [1.807, 2.05) is 0 Å². The number of ether oxygens (including phenoxy) is 1. The van der Waals surface area contributed by atoms with Crippen LogP contribution in [-0.2, 0) is 4.74 Å². The number of nitrogens with zero attached hydrogens (tertiary/aromatic N) is 2. The third kappa shape index (κ3) is 1.97.